The van der Waals surface area contributed by atoms with Crippen LogP contribution < -0.4 is 15.5 Å². The first-order valence-corrected chi connectivity index (χ1v) is 12.0. The Morgan fingerprint density at radius 1 is 1.00 bits per heavy atom. The summed E-state index contributed by atoms with van der Waals surface area (Å²) >= 11 is 0. The van der Waals surface area contributed by atoms with E-state index in [0.717, 1.165) is 59.1 Å². The largest absolute Gasteiger partial charge is 0.371 e. The molecule has 1 aliphatic rings. The molecule has 1 aliphatic carbocycles. The Balaban J connectivity index is 1.36. The van der Waals surface area contributed by atoms with Crippen molar-refractivity contribution in [3.63, 3.8) is 0 Å². The molecule has 0 spiro atoms. The van der Waals surface area contributed by atoms with Gasteiger partial charge in [-0.3, -0.25) is 10.1 Å². The highest BCUT2D eigenvalue weighted by Crippen LogP contribution is 2.27. The second-order valence-electron chi connectivity index (χ2n) is 9.68. The fraction of sp³-hybridized carbons (Fsp3) is 0.444. The van der Waals surface area contributed by atoms with E-state index in [-0.39, 0.29) is 17.9 Å². The summed E-state index contributed by atoms with van der Waals surface area (Å²) in [6.45, 7) is 5.86. The summed E-state index contributed by atoms with van der Waals surface area (Å²) in [6, 6.07) is 12.4. The van der Waals surface area contributed by atoms with Crippen LogP contribution in [0.25, 0.3) is 10.9 Å². The van der Waals surface area contributed by atoms with Crippen LogP contribution >= 0.6 is 0 Å². The van der Waals surface area contributed by atoms with Crippen molar-refractivity contribution in [1.29, 1.82) is 0 Å². The molecule has 1 saturated carbocycles. The van der Waals surface area contributed by atoms with Crippen LogP contribution in [0.4, 0.5) is 11.8 Å². The molecule has 7 nitrogen and oxygen atoms in total. The molecule has 3 aromatic rings. The molecule has 7 heteroatoms. The van der Waals surface area contributed by atoms with Gasteiger partial charge in [0, 0.05) is 37.1 Å². The minimum atomic E-state index is -1.19. The number of carbonyl (C=O) groups excluding carboxylic acids is 1. The fourth-order valence-electron chi connectivity index (χ4n) is 5.06. The Kier molecular flexibility index (Phi) is 7.14. The number of aromatic nitrogens is 2. The van der Waals surface area contributed by atoms with Crippen molar-refractivity contribution in [2.75, 3.05) is 24.3 Å². The first-order valence-electron chi connectivity index (χ1n) is 12.0. The van der Waals surface area contributed by atoms with Crippen LogP contribution in [0.5, 0.6) is 0 Å². The number of aryl methyl sites for hydroxylation is 3. The van der Waals surface area contributed by atoms with Gasteiger partial charge in [-0.15, -0.1) is 0 Å². The average molecular weight is 462 g/mol. The van der Waals surface area contributed by atoms with Crippen molar-refractivity contribution in [3.8, 4) is 0 Å². The third-order valence-corrected chi connectivity index (χ3v) is 6.63. The van der Waals surface area contributed by atoms with E-state index in [0.29, 0.717) is 11.5 Å². The molecule has 34 heavy (non-hydrogen) atoms. The summed E-state index contributed by atoms with van der Waals surface area (Å²) in [7, 11) is 3.98. The topological polar surface area (TPSA) is 90.4 Å². The molecule has 1 heterocycles. The van der Waals surface area contributed by atoms with Crippen LogP contribution in [0.15, 0.2) is 36.4 Å². The van der Waals surface area contributed by atoms with Crippen molar-refractivity contribution in [3.05, 3.63) is 58.7 Å². The standard InChI is InChI=1S/C27H35N5O2/c1-16-14-17(2)23(18(3)15-16)24(33)26(34)28-19-10-12-20(13-11-19)29-27-30-22-9-7-6-8-21(22)25(31-27)32(4)5/h6-9,14-15,19-20,26,28,34H,10-13H2,1-5H3,(H,29,30,31). The maximum absolute atomic E-state index is 12.9. The highest BCUT2D eigenvalue weighted by atomic mass is 16.3. The average Bonchev–Trinajstić information content (AvgIpc) is 2.79. The predicted octanol–water partition coefficient (Wildman–Crippen LogP) is 4.14. The van der Waals surface area contributed by atoms with E-state index >= 15 is 0 Å². The van der Waals surface area contributed by atoms with E-state index < -0.39 is 6.23 Å². The van der Waals surface area contributed by atoms with Crippen molar-refractivity contribution in [1.82, 2.24) is 15.3 Å². The SMILES string of the molecule is Cc1cc(C)c(C(=O)C(O)NC2CCC(Nc3nc(N(C)C)c4ccccc4n3)CC2)c(C)c1. The van der Waals surface area contributed by atoms with Crippen molar-refractivity contribution < 1.29 is 9.90 Å². The molecular weight excluding hydrogens is 426 g/mol. The first kappa shape index (κ1) is 24.1. The number of benzene rings is 2. The van der Waals surface area contributed by atoms with Gasteiger partial charge in [-0.1, -0.05) is 29.8 Å². The third-order valence-electron chi connectivity index (χ3n) is 6.63. The van der Waals surface area contributed by atoms with Crippen LogP contribution in [0, 0.1) is 20.8 Å². The number of hydrogen-bond acceptors (Lipinski definition) is 7. The predicted molar refractivity (Wildman–Crippen MR) is 138 cm³/mol. The highest BCUT2D eigenvalue weighted by Gasteiger charge is 2.27. The van der Waals surface area contributed by atoms with Gasteiger partial charge >= 0.3 is 0 Å². The first-order chi connectivity index (χ1) is 16.2. The zero-order valence-corrected chi connectivity index (χ0v) is 20.7. The lowest BCUT2D eigenvalue weighted by atomic mass is 9.90. The Bertz CT molecular complexity index is 1160. The lowest BCUT2D eigenvalue weighted by Gasteiger charge is -2.31. The molecule has 3 N–H and O–H groups in total. The molecule has 180 valence electrons. The number of nitrogens with one attached hydrogen (secondary N) is 2. The number of rotatable bonds is 7. The number of para-hydroxylation sites is 1. The lowest BCUT2D eigenvalue weighted by molar-refractivity contribution is 0.0619. The Hall–Kier alpha value is -3.03. The molecule has 1 aromatic heterocycles. The molecule has 0 radical (unpaired) electrons. The van der Waals surface area contributed by atoms with Gasteiger partial charge < -0.3 is 15.3 Å². The Morgan fingerprint density at radius 2 is 1.62 bits per heavy atom. The number of fused-ring (bicyclic) bond motifs is 1. The van der Waals surface area contributed by atoms with Crippen LogP contribution in [0.2, 0.25) is 0 Å². The summed E-state index contributed by atoms with van der Waals surface area (Å²) < 4.78 is 0. The second-order valence-corrected chi connectivity index (χ2v) is 9.68. The molecule has 1 atom stereocenters. The minimum Gasteiger partial charge on any atom is -0.371 e. The maximum Gasteiger partial charge on any atom is 0.225 e. The van der Waals surface area contributed by atoms with E-state index in [9.17, 15) is 9.90 Å². The van der Waals surface area contributed by atoms with Gasteiger partial charge in [0.05, 0.1) is 5.52 Å². The van der Waals surface area contributed by atoms with Crippen LogP contribution in [-0.4, -0.2) is 53.3 Å². The number of aliphatic hydroxyl groups is 1. The van der Waals surface area contributed by atoms with Gasteiger partial charge in [0.25, 0.3) is 0 Å². The highest BCUT2D eigenvalue weighted by molar-refractivity contribution is 6.01. The quantitative estimate of drug-likeness (QED) is 0.360. The Morgan fingerprint density at radius 3 is 2.26 bits per heavy atom. The minimum absolute atomic E-state index is 0.0953. The van der Waals surface area contributed by atoms with Crippen LogP contribution in [0.1, 0.15) is 52.7 Å². The molecule has 2 aromatic carbocycles. The third kappa shape index (κ3) is 5.21. The summed E-state index contributed by atoms with van der Waals surface area (Å²) in [5.41, 5.74) is 4.47. The summed E-state index contributed by atoms with van der Waals surface area (Å²) in [5.74, 6) is 1.28. The summed E-state index contributed by atoms with van der Waals surface area (Å²) in [5, 5.41) is 18.3. The van der Waals surface area contributed by atoms with E-state index in [2.05, 4.69) is 10.6 Å². The molecular formula is C27H35N5O2. The molecule has 0 amide bonds. The van der Waals surface area contributed by atoms with Crippen LogP contribution in [0.3, 0.4) is 0 Å². The molecule has 1 unspecified atom stereocenters. The molecule has 4 rings (SSSR count). The fourth-order valence-corrected chi connectivity index (χ4v) is 5.06. The van der Waals surface area contributed by atoms with Crippen LogP contribution in [-0.2, 0) is 0 Å². The molecule has 0 saturated heterocycles. The summed E-state index contributed by atoms with van der Waals surface area (Å²) in [4.78, 5) is 24.4. The van der Waals surface area contributed by atoms with E-state index in [1.54, 1.807) is 0 Å². The number of carbonyl (C=O) groups is 1. The number of ketones is 1. The lowest BCUT2D eigenvalue weighted by Crippen LogP contribution is -2.46. The zero-order valence-electron chi connectivity index (χ0n) is 20.7. The molecule has 0 bridgehead atoms. The Labute approximate surface area is 201 Å². The number of aliphatic hydroxyl groups excluding tert-OH is 1. The number of nitrogens with zero attached hydrogens (tertiary/aromatic N) is 3. The monoisotopic (exact) mass is 461 g/mol. The molecule has 0 aliphatic heterocycles. The van der Waals surface area contributed by atoms with Gasteiger partial charge in [0.15, 0.2) is 6.23 Å². The van der Waals surface area contributed by atoms with Gasteiger partial charge in [0.1, 0.15) is 5.82 Å². The van der Waals surface area contributed by atoms with Gasteiger partial charge in [-0.25, -0.2) is 4.98 Å². The van der Waals surface area contributed by atoms with E-state index in [1.165, 1.54) is 0 Å². The van der Waals surface area contributed by atoms with E-state index in [1.807, 2.05) is 76.2 Å². The van der Waals surface area contributed by atoms with Crippen molar-refractivity contribution in [2.24, 2.45) is 0 Å². The van der Waals surface area contributed by atoms with Gasteiger partial charge in [-0.2, -0.15) is 4.98 Å². The number of anilines is 2. The molecule has 1 fully saturated rings. The van der Waals surface area contributed by atoms with Gasteiger partial charge in [-0.05, 0) is 69.7 Å². The number of hydrogen-bond donors (Lipinski definition) is 3. The smallest absolute Gasteiger partial charge is 0.225 e. The van der Waals surface area contributed by atoms with Crippen molar-refractivity contribution >= 4 is 28.5 Å². The normalized spacial score (nSPS) is 19.1. The van der Waals surface area contributed by atoms with Crippen molar-refractivity contribution in [2.45, 2.75) is 64.8 Å². The zero-order chi connectivity index (χ0) is 24.4. The second kappa shape index (κ2) is 10.1. The van der Waals surface area contributed by atoms with Gasteiger partial charge in [0.2, 0.25) is 11.7 Å². The maximum atomic E-state index is 12.9. The van der Waals surface area contributed by atoms with E-state index in [4.69, 9.17) is 9.97 Å². The number of Topliss-reactive ketones (excluding diaryl/α,β-unsaturated/α-hetero) is 1. The summed E-state index contributed by atoms with van der Waals surface area (Å²) in [6.07, 6.45) is 2.36.